The summed E-state index contributed by atoms with van der Waals surface area (Å²) in [4.78, 5) is 33.8. The third-order valence-corrected chi connectivity index (χ3v) is 4.96. The zero-order chi connectivity index (χ0) is 23.6. The Kier molecular flexibility index (Phi) is 5.99. The fourth-order valence-electron chi connectivity index (χ4n) is 3.47. The van der Waals surface area contributed by atoms with Gasteiger partial charge in [-0.05, 0) is 56.5 Å². The van der Waals surface area contributed by atoms with Gasteiger partial charge in [0.2, 0.25) is 0 Å². The summed E-state index contributed by atoms with van der Waals surface area (Å²) < 4.78 is 13.3. The van der Waals surface area contributed by atoms with E-state index in [2.05, 4.69) is 20.4 Å². The molecule has 0 saturated heterocycles. The van der Waals surface area contributed by atoms with E-state index in [1.165, 1.54) is 10.8 Å². The average molecular weight is 450 g/mol. The molecule has 0 bridgehead atoms. The predicted molar refractivity (Wildman–Crippen MR) is 123 cm³/mol. The molecule has 0 unspecified atom stereocenters. The number of methoxy groups -OCH3 is 1. The molecule has 1 aromatic carbocycles. The molecule has 4 rings (SSSR count). The van der Waals surface area contributed by atoms with Crippen molar-refractivity contribution in [2.24, 2.45) is 0 Å². The van der Waals surface area contributed by atoms with Crippen molar-refractivity contribution >= 4 is 22.8 Å². The van der Waals surface area contributed by atoms with Crippen molar-refractivity contribution in [3.63, 3.8) is 0 Å². The highest BCUT2D eigenvalue weighted by Crippen LogP contribution is 2.19. The number of carbonyl (C=O) groups excluding carboxylic acids is 1. The van der Waals surface area contributed by atoms with Crippen LogP contribution >= 0.6 is 0 Å². The zero-order valence-electron chi connectivity index (χ0n) is 19.0. The number of amides is 1. The number of alkyl carbamates (subject to hydrolysis) is 1. The van der Waals surface area contributed by atoms with Crippen molar-refractivity contribution in [2.75, 3.05) is 13.7 Å². The maximum absolute atomic E-state index is 13.1. The molecule has 0 aliphatic rings. The van der Waals surface area contributed by atoms with Crippen molar-refractivity contribution in [2.45, 2.75) is 39.3 Å². The van der Waals surface area contributed by atoms with Gasteiger partial charge in [0, 0.05) is 12.7 Å². The van der Waals surface area contributed by atoms with Gasteiger partial charge in [-0.25, -0.2) is 19.6 Å². The molecule has 4 aromatic rings. The third kappa shape index (κ3) is 4.94. The van der Waals surface area contributed by atoms with Gasteiger partial charge in [-0.15, -0.1) is 0 Å². The smallest absolute Gasteiger partial charge is 0.407 e. The van der Waals surface area contributed by atoms with Crippen LogP contribution in [0.2, 0.25) is 0 Å². The van der Waals surface area contributed by atoms with Crippen molar-refractivity contribution in [3.8, 4) is 5.75 Å². The Bertz CT molecular complexity index is 1350. The first-order valence-corrected chi connectivity index (χ1v) is 10.6. The highest BCUT2D eigenvalue weighted by Gasteiger charge is 2.17. The first-order valence-electron chi connectivity index (χ1n) is 10.6. The maximum Gasteiger partial charge on any atom is 0.407 e. The second-order valence-electron chi connectivity index (χ2n) is 8.61. The van der Waals surface area contributed by atoms with Crippen LogP contribution in [0, 0.1) is 0 Å². The molecule has 0 saturated carbocycles. The van der Waals surface area contributed by atoms with E-state index in [1.54, 1.807) is 17.9 Å². The molecule has 1 N–H and O–H groups in total. The summed E-state index contributed by atoms with van der Waals surface area (Å²) in [5.74, 6) is 0.741. The molecule has 3 aromatic heterocycles. The number of hydrogen-bond acceptors (Lipinski definition) is 7. The van der Waals surface area contributed by atoms with Crippen LogP contribution in [0.25, 0.3) is 16.7 Å². The Hall–Kier alpha value is -3.95. The molecule has 10 heteroatoms. The molecule has 0 radical (unpaired) electrons. The fourth-order valence-corrected chi connectivity index (χ4v) is 3.47. The van der Waals surface area contributed by atoms with Crippen molar-refractivity contribution in [3.05, 3.63) is 64.5 Å². The van der Waals surface area contributed by atoms with Gasteiger partial charge in [0.05, 0.1) is 19.0 Å². The number of nitrogens with zero attached hydrogens (tertiary/aromatic N) is 5. The van der Waals surface area contributed by atoms with E-state index in [0.717, 1.165) is 16.9 Å². The van der Waals surface area contributed by atoms with Gasteiger partial charge in [0.1, 0.15) is 23.3 Å². The Morgan fingerprint density at radius 2 is 1.85 bits per heavy atom. The van der Waals surface area contributed by atoms with E-state index >= 15 is 0 Å². The van der Waals surface area contributed by atoms with Gasteiger partial charge >= 0.3 is 11.8 Å². The van der Waals surface area contributed by atoms with E-state index in [1.807, 2.05) is 51.1 Å². The number of nitrogens with one attached hydrogen (secondary N) is 1. The number of ether oxygens (including phenoxy) is 2. The first kappa shape index (κ1) is 22.3. The number of benzene rings is 1. The monoisotopic (exact) mass is 450 g/mol. The number of hydrogen-bond donors (Lipinski definition) is 1. The van der Waals surface area contributed by atoms with Crippen molar-refractivity contribution in [1.82, 2.24) is 29.5 Å². The lowest BCUT2D eigenvalue weighted by atomic mass is 10.1. The quantitative estimate of drug-likeness (QED) is 0.480. The summed E-state index contributed by atoms with van der Waals surface area (Å²) in [6.45, 7) is 6.15. The zero-order valence-corrected chi connectivity index (χ0v) is 19.0. The second kappa shape index (κ2) is 8.89. The summed E-state index contributed by atoms with van der Waals surface area (Å²) in [5, 5.41) is 7.54. The van der Waals surface area contributed by atoms with Gasteiger partial charge in [-0.1, -0.05) is 12.1 Å². The van der Waals surface area contributed by atoms with Gasteiger partial charge < -0.3 is 14.8 Å². The van der Waals surface area contributed by atoms with Gasteiger partial charge in [0.25, 0.3) is 0 Å². The normalized spacial score (nSPS) is 11.6. The molecular weight excluding hydrogens is 424 g/mol. The van der Waals surface area contributed by atoms with Crippen LogP contribution in [-0.4, -0.2) is 49.5 Å². The highest BCUT2D eigenvalue weighted by molar-refractivity contribution is 5.89. The van der Waals surface area contributed by atoms with Crippen molar-refractivity contribution in [1.29, 1.82) is 0 Å². The molecule has 172 valence electrons. The molecule has 3 heterocycles. The van der Waals surface area contributed by atoms with Crippen LogP contribution in [0.3, 0.4) is 0 Å². The number of rotatable bonds is 6. The lowest BCUT2D eigenvalue weighted by molar-refractivity contribution is 0.0528. The molecule has 10 nitrogen and oxygen atoms in total. The standard InChI is InChI=1S/C23H26N6O4/c1-23(2,3)33-21(30)24-10-9-16-11-18-19(25-12-16)28(22(31)29-20(18)26-14-27-29)13-15-5-7-17(32-4)8-6-15/h5-8,11-12,14H,9-10,13H2,1-4H3,(H,24,30). The lowest BCUT2D eigenvalue weighted by Crippen LogP contribution is -2.33. The summed E-state index contributed by atoms with van der Waals surface area (Å²) in [6.07, 6.45) is 3.13. The van der Waals surface area contributed by atoms with Crippen LogP contribution in [0.4, 0.5) is 4.79 Å². The van der Waals surface area contributed by atoms with Gasteiger partial charge in [-0.3, -0.25) is 4.57 Å². The second-order valence-corrected chi connectivity index (χ2v) is 8.61. The third-order valence-electron chi connectivity index (χ3n) is 4.96. The van der Waals surface area contributed by atoms with E-state index in [0.29, 0.717) is 36.2 Å². The Labute approximate surface area is 190 Å². The highest BCUT2D eigenvalue weighted by atomic mass is 16.6. The van der Waals surface area contributed by atoms with Gasteiger partial charge in [-0.2, -0.15) is 9.61 Å². The van der Waals surface area contributed by atoms with E-state index in [4.69, 9.17) is 9.47 Å². The summed E-state index contributed by atoms with van der Waals surface area (Å²) >= 11 is 0. The summed E-state index contributed by atoms with van der Waals surface area (Å²) in [5.41, 5.74) is 1.89. The van der Waals surface area contributed by atoms with Crippen molar-refractivity contribution < 1.29 is 14.3 Å². The number of fused-ring (bicyclic) bond motifs is 3. The van der Waals surface area contributed by atoms with Crippen LogP contribution in [0.15, 0.2) is 47.7 Å². The molecule has 0 aliphatic carbocycles. The molecule has 33 heavy (non-hydrogen) atoms. The van der Waals surface area contributed by atoms with Crippen LogP contribution in [0.5, 0.6) is 5.75 Å². The molecule has 0 atom stereocenters. The van der Waals surface area contributed by atoms with Crippen LogP contribution in [-0.2, 0) is 17.7 Å². The lowest BCUT2D eigenvalue weighted by Gasteiger charge is -2.19. The Morgan fingerprint density at radius 3 is 2.55 bits per heavy atom. The minimum absolute atomic E-state index is 0.321. The van der Waals surface area contributed by atoms with Crippen LogP contribution < -0.4 is 15.7 Å². The average Bonchev–Trinajstić information content (AvgIpc) is 3.26. The van der Waals surface area contributed by atoms with Gasteiger partial charge in [0.15, 0.2) is 5.65 Å². The Balaban J connectivity index is 1.63. The first-order chi connectivity index (χ1) is 15.7. The SMILES string of the molecule is COc1ccc(Cn2c(=O)n3ncnc3c3cc(CCNC(=O)OC(C)(C)C)cnc32)cc1. The fraction of sp³-hybridized carbons (Fsp3) is 0.348. The van der Waals surface area contributed by atoms with E-state index in [9.17, 15) is 9.59 Å². The predicted octanol–water partition coefficient (Wildman–Crippen LogP) is 2.56. The van der Waals surface area contributed by atoms with E-state index in [-0.39, 0.29) is 5.69 Å². The molecule has 0 aliphatic heterocycles. The van der Waals surface area contributed by atoms with Crippen LogP contribution in [0.1, 0.15) is 31.9 Å². The molecule has 0 fully saturated rings. The summed E-state index contributed by atoms with van der Waals surface area (Å²) in [6, 6.07) is 9.42. The minimum Gasteiger partial charge on any atom is -0.497 e. The number of aromatic nitrogens is 5. The number of carbonyl (C=O) groups is 1. The summed E-state index contributed by atoms with van der Waals surface area (Å²) in [7, 11) is 1.61. The Morgan fingerprint density at radius 1 is 1.09 bits per heavy atom. The van der Waals surface area contributed by atoms with E-state index < -0.39 is 11.7 Å². The number of pyridine rings is 1. The topological polar surface area (TPSA) is 113 Å². The largest absolute Gasteiger partial charge is 0.497 e. The molecular formula is C23H26N6O4. The maximum atomic E-state index is 13.1. The minimum atomic E-state index is -0.554. The molecule has 0 spiro atoms. The molecule has 1 amide bonds.